The summed E-state index contributed by atoms with van der Waals surface area (Å²) in [5.41, 5.74) is 3.44. The second-order valence-corrected chi connectivity index (χ2v) is 7.50. The van der Waals surface area contributed by atoms with Gasteiger partial charge in [-0.05, 0) is 51.1 Å². The third-order valence-corrected chi connectivity index (χ3v) is 5.34. The molecule has 0 bridgehead atoms. The quantitative estimate of drug-likeness (QED) is 0.860. The molecule has 2 aliphatic heterocycles. The number of fused-ring (bicyclic) bond motifs is 1. The number of anilines is 1. The van der Waals surface area contributed by atoms with Gasteiger partial charge in [-0.2, -0.15) is 0 Å². The molecule has 26 heavy (non-hydrogen) atoms. The lowest BCUT2D eigenvalue weighted by molar-refractivity contribution is 0.111. The van der Waals surface area contributed by atoms with E-state index >= 15 is 0 Å². The average Bonchev–Trinajstić information content (AvgIpc) is 2.63. The van der Waals surface area contributed by atoms with E-state index in [4.69, 9.17) is 16.3 Å². The molecule has 0 amide bonds. The van der Waals surface area contributed by atoms with Crippen LogP contribution in [0, 0.1) is 0 Å². The lowest BCUT2D eigenvalue weighted by Crippen LogP contribution is -2.40. The van der Waals surface area contributed by atoms with Crippen molar-refractivity contribution in [2.24, 2.45) is 0 Å². The fourth-order valence-electron chi connectivity index (χ4n) is 3.79. The van der Waals surface area contributed by atoms with Gasteiger partial charge in [-0.25, -0.2) is 0 Å². The Morgan fingerprint density at radius 1 is 1.31 bits per heavy atom. The summed E-state index contributed by atoms with van der Waals surface area (Å²) in [5.74, 6) is 0.954. The first-order valence-corrected chi connectivity index (χ1v) is 9.40. The summed E-state index contributed by atoms with van der Waals surface area (Å²) in [6.07, 6.45) is 3.11. The van der Waals surface area contributed by atoms with E-state index in [1.807, 2.05) is 0 Å². The van der Waals surface area contributed by atoms with Crippen LogP contribution in [0.25, 0.3) is 11.3 Å². The molecule has 1 atom stereocenters. The van der Waals surface area contributed by atoms with Crippen molar-refractivity contribution >= 4 is 17.4 Å². The van der Waals surface area contributed by atoms with Gasteiger partial charge in [0.2, 0.25) is 0 Å². The first-order chi connectivity index (χ1) is 12.6. The molecule has 1 unspecified atom stereocenters. The highest BCUT2D eigenvalue weighted by molar-refractivity contribution is 6.30. The van der Waals surface area contributed by atoms with E-state index in [9.17, 15) is 5.11 Å². The zero-order valence-electron chi connectivity index (χ0n) is 14.8. The summed E-state index contributed by atoms with van der Waals surface area (Å²) in [6.45, 7) is 3.29. The number of piperidine rings is 1. The normalized spacial score (nSPS) is 20.6. The van der Waals surface area contributed by atoms with Crippen molar-refractivity contribution in [1.82, 2.24) is 15.1 Å². The highest BCUT2D eigenvalue weighted by atomic mass is 35.5. The van der Waals surface area contributed by atoms with Crippen molar-refractivity contribution in [3.63, 3.8) is 0 Å². The molecule has 1 fully saturated rings. The van der Waals surface area contributed by atoms with Crippen LogP contribution >= 0.6 is 11.6 Å². The van der Waals surface area contributed by atoms with Crippen molar-refractivity contribution in [3.05, 3.63) is 34.3 Å². The number of hydrogen-bond acceptors (Lipinski definition) is 6. The number of ether oxygens (including phenoxy) is 1. The van der Waals surface area contributed by atoms with Gasteiger partial charge in [0.1, 0.15) is 11.4 Å². The van der Waals surface area contributed by atoms with Crippen molar-refractivity contribution < 1.29 is 9.84 Å². The first-order valence-electron chi connectivity index (χ1n) is 9.02. The maximum Gasteiger partial charge on any atom is 0.152 e. The summed E-state index contributed by atoms with van der Waals surface area (Å²) in [5, 5.41) is 23.3. The molecule has 138 valence electrons. The second-order valence-electron chi connectivity index (χ2n) is 7.06. The number of likely N-dealkylation sites (tertiary alicyclic amines) is 1. The van der Waals surface area contributed by atoms with Crippen LogP contribution < -0.4 is 5.32 Å². The Hall–Kier alpha value is -1.89. The molecule has 7 heteroatoms. The fraction of sp³-hybridized carbons (Fsp3) is 0.474. The smallest absolute Gasteiger partial charge is 0.152 e. The van der Waals surface area contributed by atoms with Gasteiger partial charge < -0.3 is 20.1 Å². The standard InChI is InChI=1S/C19H23ClN4O2/c1-24-7-2-3-13(10-24)21-19-14-6-8-26-11-16(14)18(22-23-19)15-5-4-12(20)9-17(15)25/h4-5,9,13,25H,2-3,6-8,10-11H2,1H3,(H,21,23). The maximum absolute atomic E-state index is 10.3. The number of aromatic hydroxyl groups is 1. The van der Waals surface area contributed by atoms with E-state index in [2.05, 4.69) is 27.5 Å². The van der Waals surface area contributed by atoms with E-state index in [1.165, 1.54) is 12.5 Å². The van der Waals surface area contributed by atoms with E-state index in [-0.39, 0.29) is 5.75 Å². The van der Waals surface area contributed by atoms with Crippen LogP contribution in [-0.2, 0) is 17.8 Å². The zero-order chi connectivity index (χ0) is 18.1. The molecule has 2 aliphatic rings. The molecule has 0 saturated carbocycles. The lowest BCUT2D eigenvalue weighted by Gasteiger charge is -2.31. The summed E-state index contributed by atoms with van der Waals surface area (Å²) >= 11 is 5.96. The van der Waals surface area contributed by atoms with Gasteiger partial charge in [0.05, 0.1) is 13.2 Å². The highest BCUT2D eigenvalue weighted by Crippen LogP contribution is 2.36. The molecule has 1 aromatic heterocycles. The third kappa shape index (κ3) is 3.49. The Bertz CT molecular complexity index is 814. The van der Waals surface area contributed by atoms with Gasteiger partial charge in [0, 0.05) is 34.3 Å². The minimum Gasteiger partial charge on any atom is -0.507 e. The largest absolute Gasteiger partial charge is 0.507 e. The van der Waals surface area contributed by atoms with Gasteiger partial charge in [-0.3, -0.25) is 0 Å². The number of hydrogen-bond donors (Lipinski definition) is 2. The highest BCUT2D eigenvalue weighted by Gasteiger charge is 2.25. The van der Waals surface area contributed by atoms with Crippen LogP contribution in [0.3, 0.4) is 0 Å². The molecule has 0 radical (unpaired) electrons. The topological polar surface area (TPSA) is 70.5 Å². The fourth-order valence-corrected chi connectivity index (χ4v) is 3.96. The number of nitrogens with zero attached hydrogens (tertiary/aromatic N) is 3. The summed E-state index contributed by atoms with van der Waals surface area (Å²) in [6, 6.07) is 5.43. The van der Waals surface area contributed by atoms with Crippen LogP contribution in [-0.4, -0.2) is 53.0 Å². The predicted octanol–water partition coefficient (Wildman–Crippen LogP) is 3.08. The molecule has 2 aromatic rings. The molecule has 2 N–H and O–H groups in total. The molecule has 0 aliphatic carbocycles. The van der Waals surface area contributed by atoms with Crippen LogP contribution in [0.15, 0.2) is 18.2 Å². The summed E-state index contributed by atoms with van der Waals surface area (Å²) in [7, 11) is 2.15. The van der Waals surface area contributed by atoms with E-state index in [0.717, 1.165) is 42.9 Å². The molecule has 1 aromatic carbocycles. The number of rotatable bonds is 3. The zero-order valence-corrected chi connectivity index (χ0v) is 15.6. The minimum atomic E-state index is 0.106. The van der Waals surface area contributed by atoms with Crippen molar-refractivity contribution in [2.75, 3.05) is 32.1 Å². The van der Waals surface area contributed by atoms with Gasteiger partial charge in [-0.15, -0.1) is 10.2 Å². The van der Waals surface area contributed by atoms with Crippen LogP contribution in [0.1, 0.15) is 24.0 Å². The molecule has 1 saturated heterocycles. The number of aromatic nitrogens is 2. The van der Waals surface area contributed by atoms with E-state index in [1.54, 1.807) is 12.1 Å². The average molecular weight is 375 g/mol. The van der Waals surface area contributed by atoms with Gasteiger partial charge in [-0.1, -0.05) is 11.6 Å². The molecule has 6 nitrogen and oxygen atoms in total. The van der Waals surface area contributed by atoms with E-state index < -0.39 is 0 Å². The Morgan fingerprint density at radius 2 is 2.19 bits per heavy atom. The summed E-state index contributed by atoms with van der Waals surface area (Å²) < 4.78 is 5.67. The maximum atomic E-state index is 10.3. The molecule has 4 rings (SSSR count). The first kappa shape index (κ1) is 17.5. The van der Waals surface area contributed by atoms with Crippen LogP contribution in [0.5, 0.6) is 5.75 Å². The Labute approximate surface area is 158 Å². The van der Waals surface area contributed by atoms with Crippen molar-refractivity contribution in [2.45, 2.75) is 31.9 Å². The number of likely N-dealkylation sites (N-methyl/N-ethyl adjacent to an activating group) is 1. The number of phenols is 1. The number of halogens is 1. The molecule has 3 heterocycles. The molecular formula is C19H23ClN4O2. The number of phenolic OH excluding ortho intramolecular Hbond substituents is 1. The Morgan fingerprint density at radius 3 is 3.00 bits per heavy atom. The lowest BCUT2D eigenvalue weighted by atomic mass is 9.97. The number of benzene rings is 1. The van der Waals surface area contributed by atoms with Crippen LogP contribution in [0.2, 0.25) is 5.02 Å². The predicted molar refractivity (Wildman–Crippen MR) is 102 cm³/mol. The molecule has 0 spiro atoms. The Balaban J connectivity index is 1.70. The minimum absolute atomic E-state index is 0.106. The van der Waals surface area contributed by atoms with Gasteiger partial charge in [0.15, 0.2) is 5.82 Å². The number of nitrogens with one attached hydrogen (secondary N) is 1. The van der Waals surface area contributed by atoms with E-state index in [0.29, 0.717) is 35.5 Å². The van der Waals surface area contributed by atoms with Crippen LogP contribution in [0.4, 0.5) is 5.82 Å². The summed E-state index contributed by atoms with van der Waals surface area (Å²) in [4.78, 5) is 2.34. The monoisotopic (exact) mass is 374 g/mol. The van der Waals surface area contributed by atoms with Crippen molar-refractivity contribution in [3.8, 4) is 17.0 Å². The third-order valence-electron chi connectivity index (χ3n) is 5.11. The van der Waals surface area contributed by atoms with Gasteiger partial charge in [0.25, 0.3) is 0 Å². The van der Waals surface area contributed by atoms with Gasteiger partial charge >= 0.3 is 0 Å². The van der Waals surface area contributed by atoms with Crippen molar-refractivity contribution in [1.29, 1.82) is 0 Å². The SMILES string of the molecule is CN1CCCC(Nc2nnc(-c3ccc(Cl)cc3O)c3c2CCOC3)C1. The Kier molecular flexibility index (Phi) is 4.98. The second kappa shape index (κ2) is 7.39. The molecular weight excluding hydrogens is 352 g/mol.